The van der Waals surface area contributed by atoms with Crippen molar-refractivity contribution in [1.29, 1.82) is 0 Å². The number of benzene rings is 1. The van der Waals surface area contributed by atoms with Gasteiger partial charge in [0.2, 0.25) is 12.2 Å². The van der Waals surface area contributed by atoms with Gasteiger partial charge in [0.15, 0.2) is 12.2 Å². The van der Waals surface area contributed by atoms with Crippen molar-refractivity contribution in [3.8, 4) is 5.75 Å². The van der Waals surface area contributed by atoms with Crippen LogP contribution in [-0.4, -0.2) is 66.0 Å². The highest BCUT2D eigenvalue weighted by molar-refractivity contribution is 5.73. The first-order valence-corrected chi connectivity index (χ1v) is 9.79. The first kappa shape index (κ1) is 25.5. The van der Waals surface area contributed by atoms with E-state index < -0.39 is 66.0 Å². The quantitative estimate of drug-likeness (QED) is 0.246. The van der Waals surface area contributed by atoms with Crippen molar-refractivity contribution in [3.05, 3.63) is 34.4 Å². The Labute approximate surface area is 188 Å². The number of nitrogens with zero attached hydrogens (tertiary/aromatic N) is 1. The summed E-state index contributed by atoms with van der Waals surface area (Å²) in [6.45, 7) is 4.19. The zero-order chi connectivity index (χ0) is 24.7. The van der Waals surface area contributed by atoms with E-state index in [-0.39, 0.29) is 11.4 Å². The van der Waals surface area contributed by atoms with Crippen molar-refractivity contribution in [2.45, 2.75) is 58.3 Å². The van der Waals surface area contributed by atoms with Crippen LogP contribution in [-0.2, 0) is 38.1 Å². The molecule has 1 aliphatic rings. The molecule has 33 heavy (non-hydrogen) atoms. The van der Waals surface area contributed by atoms with Gasteiger partial charge in [-0.2, -0.15) is 0 Å². The Morgan fingerprint density at radius 2 is 1.67 bits per heavy atom. The maximum absolute atomic E-state index is 11.9. The van der Waals surface area contributed by atoms with Crippen LogP contribution in [0.25, 0.3) is 0 Å². The van der Waals surface area contributed by atoms with Crippen molar-refractivity contribution in [1.82, 2.24) is 5.32 Å². The largest absolute Gasteiger partial charge is 0.463 e. The molecule has 0 spiro atoms. The summed E-state index contributed by atoms with van der Waals surface area (Å²) >= 11 is 0. The molecule has 0 radical (unpaired) electrons. The molecule has 1 N–H and O–H groups in total. The molecule has 1 aliphatic heterocycles. The Balaban J connectivity index is 2.47. The number of non-ortho nitro benzene ring substituents is 1. The monoisotopic (exact) mass is 468 g/mol. The number of hydrogen-bond acceptors (Lipinski definition) is 11. The van der Waals surface area contributed by atoms with Crippen LogP contribution in [0.1, 0.15) is 27.7 Å². The minimum absolute atomic E-state index is 0.0169. The molecule has 1 aromatic rings. The highest BCUT2D eigenvalue weighted by Crippen LogP contribution is 2.30. The summed E-state index contributed by atoms with van der Waals surface area (Å²) < 4.78 is 27.2. The number of hydrogen-bond donors (Lipinski definition) is 1. The van der Waals surface area contributed by atoms with Gasteiger partial charge in [-0.1, -0.05) is 6.07 Å². The molecule has 13 heteroatoms. The summed E-state index contributed by atoms with van der Waals surface area (Å²) in [5.41, 5.74) is -0.259. The number of ether oxygens (including phenoxy) is 5. The van der Waals surface area contributed by atoms with Crippen LogP contribution in [0.5, 0.6) is 5.75 Å². The summed E-state index contributed by atoms with van der Waals surface area (Å²) in [5.74, 6) is -2.68. The summed E-state index contributed by atoms with van der Waals surface area (Å²) in [5, 5.41) is 13.6. The third kappa shape index (κ3) is 7.42. The Morgan fingerprint density at radius 3 is 2.21 bits per heavy atom. The van der Waals surface area contributed by atoms with E-state index in [1.807, 2.05) is 0 Å². The predicted molar refractivity (Wildman–Crippen MR) is 108 cm³/mol. The molecule has 2 rings (SSSR count). The zero-order valence-electron chi connectivity index (χ0n) is 18.3. The van der Waals surface area contributed by atoms with E-state index in [9.17, 15) is 29.3 Å². The van der Waals surface area contributed by atoms with E-state index >= 15 is 0 Å². The summed E-state index contributed by atoms with van der Waals surface area (Å²) in [6.07, 6.45) is -5.09. The average molecular weight is 468 g/mol. The Hall–Kier alpha value is -3.74. The van der Waals surface area contributed by atoms with Crippen LogP contribution in [0.15, 0.2) is 24.3 Å². The second-order valence-corrected chi connectivity index (χ2v) is 7.09. The fourth-order valence-corrected chi connectivity index (χ4v) is 3.20. The van der Waals surface area contributed by atoms with Gasteiger partial charge in [-0.3, -0.25) is 29.3 Å². The van der Waals surface area contributed by atoms with E-state index in [4.69, 9.17) is 23.7 Å². The lowest BCUT2D eigenvalue weighted by Crippen LogP contribution is -2.67. The molecule has 5 atom stereocenters. The van der Waals surface area contributed by atoms with Gasteiger partial charge in [0.25, 0.3) is 5.69 Å². The predicted octanol–water partition coefficient (Wildman–Crippen LogP) is 0.630. The van der Waals surface area contributed by atoms with Crippen molar-refractivity contribution in [3.63, 3.8) is 0 Å². The first-order valence-electron chi connectivity index (χ1n) is 9.79. The number of esters is 3. The number of carbonyl (C=O) groups is 4. The molecule has 13 nitrogen and oxygen atoms in total. The normalized spacial score (nSPS) is 24.2. The fourth-order valence-electron chi connectivity index (χ4n) is 3.20. The molecule has 0 saturated carbocycles. The molecule has 180 valence electrons. The summed E-state index contributed by atoms with van der Waals surface area (Å²) in [4.78, 5) is 57.2. The van der Waals surface area contributed by atoms with Gasteiger partial charge < -0.3 is 29.0 Å². The molecular weight excluding hydrogens is 444 g/mol. The van der Waals surface area contributed by atoms with Gasteiger partial charge in [-0.25, -0.2) is 0 Å². The smallest absolute Gasteiger partial charge is 0.303 e. The second-order valence-electron chi connectivity index (χ2n) is 7.09. The van der Waals surface area contributed by atoms with Crippen LogP contribution < -0.4 is 10.1 Å². The van der Waals surface area contributed by atoms with Crippen molar-refractivity contribution < 1.29 is 47.8 Å². The Morgan fingerprint density at radius 1 is 1.03 bits per heavy atom. The standard InChI is InChI=1S/C20H24N2O11/c1-10(23)21-17-19(31-13(4)26)18(30-12(3)25)16(9-29-11(2)24)33-20(17)32-15-7-5-6-14(8-15)22(27)28/h5-8,16-20H,9H2,1-4H3,(H,21,23)/t16-,17+,18+,19-,20-/m0/s1. The molecule has 1 saturated heterocycles. The van der Waals surface area contributed by atoms with Gasteiger partial charge in [0.1, 0.15) is 24.5 Å². The lowest BCUT2D eigenvalue weighted by molar-refractivity contribution is -0.385. The number of amides is 1. The second kappa shape index (κ2) is 11.2. The first-order chi connectivity index (χ1) is 15.5. The van der Waals surface area contributed by atoms with E-state index in [1.54, 1.807) is 0 Å². The number of nitrogens with one attached hydrogen (secondary N) is 1. The van der Waals surface area contributed by atoms with Crippen molar-refractivity contribution in [2.24, 2.45) is 0 Å². The van der Waals surface area contributed by atoms with Gasteiger partial charge in [-0.05, 0) is 6.07 Å². The highest BCUT2D eigenvalue weighted by atomic mass is 16.7. The highest BCUT2D eigenvalue weighted by Gasteiger charge is 2.52. The van der Waals surface area contributed by atoms with E-state index in [0.29, 0.717) is 0 Å². The van der Waals surface area contributed by atoms with Gasteiger partial charge >= 0.3 is 17.9 Å². The van der Waals surface area contributed by atoms with E-state index in [0.717, 1.165) is 26.8 Å². The lowest BCUT2D eigenvalue weighted by atomic mass is 9.96. The van der Waals surface area contributed by atoms with Crippen LogP contribution in [0.3, 0.4) is 0 Å². The van der Waals surface area contributed by atoms with E-state index in [2.05, 4.69) is 5.32 Å². The van der Waals surface area contributed by atoms with Crippen molar-refractivity contribution in [2.75, 3.05) is 6.61 Å². The number of nitro groups is 1. The minimum atomic E-state index is -1.37. The maximum atomic E-state index is 11.9. The summed E-state index contributed by atoms with van der Waals surface area (Å²) in [7, 11) is 0. The molecule has 1 aromatic carbocycles. The van der Waals surface area contributed by atoms with Crippen molar-refractivity contribution >= 4 is 29.5 Å². The lowest BCUT2D eigenvalue weighted by Gasteiger charge is -2.44. The van der Waals surface area contributed by atoms with Crippen LogP contribution in [0, 0.1) is 10.1 Å². The van der Waals surface area contributed by atoms with Gasteiger partial charge in [-0.15, -0.1) is 0 Å². The maximum Gasteiger partial charge on any atom is 0.303 e. The third-order valence-electron chi connectivity index (χ3n) is 4.35. The Bertz CT molecular complexity index is 919. The molecule has 0 aromatic heterocycles. The number of carbonyl (C=O) groups excluding carboxylic acids is 4. The zero-order valence-corrected chi connectivity index (χ0v) is 18.3. The Kier molecular flexibility index (Phi) is 8.68. The van der Waals surface area contributed by atoms with Crippen LogP contribution in [0.4, 0.5) is 5.69 Å². The third-order valence-corrected chi connectivity index (χ3v) is 4.35. The topological polar surface area (TPSA) is 170 Å². The van der Waals surface area contributed by atoms with Crippen LogP contribution >= 0.6 is 0 Å². The number of rotatable bonds is 8. The molecule has 1 fully saturated rings. The SMILES string of the molecule is CC(=O)N[C@H]1[C@@H](Oc2cccc([N+](=O)[O-])c2)O[C@@H](COC(C)=O)[C@@H](OC(C)=O)[C@H]1OC(C)=O. The fraction of sp³-hybridized carbons (Fsp3) is 0.500. The molecule has 0 unspecified atom stereocenters. The summed E-state index contributed by atoms with van der Waals surface area (Å²) in [6, 6.07) is 3.99. The average Bonchev–Trinajstić information content (AvgIpc) is 2.70. The molecule has 0 aliphatic carbocycles. The number of nitro benzene ring substituents is 1. The molecule has 1 heterocycles. The van der Waals surface area contributed by atoms with Gasteiger partial charge in [0.05, 0.1) is 11.0 Å². The van der Waals surface area contributed by atoms with E-state index in [1.165, 1.54) is 25.1 Å². The van der Waals surface area contributed by atoms with Gasteiger partial charge in [0, 0.05) is 33.8 Å². The molecular formula is C20H24N2O11. The molecule has 0 bridgehead atoms. The van der Waals surface area contributed by atoms with Crippen LogP contribution in [0.2, 0.25) is 0 Å². The minimum Gasteiger partial charge on any atom is -0.463 e. The molecule has 1 amide bonds.